The van der Waals surface area contributed by atoms with E-state index in [1.807, 2.05) is 26.8 Å². The number of fused-ring (bicyclic) bond motifs is 1. The van der Waals surface area contributed by atoms with Crippen molar-refractivity contribution in [2.24, 2.45) is 0 Å². The van der Waals surface area contributed by atoms with Gasteiger partial charge in [0.05, 0.1) is 0 Å². The SMILES string of the molecule is Cc1cc(NC(=O)OC(C)(C)C)c2c(c1N(C)C)CNCC2. The molecule has 1 aliphatic heterocycles. The van der Waals surface area contributed by atoms with Crippen molar-refractivity contribution in [2.45, 2.75) is 46.3 Å². The van der Waals surface area contributed by atoms with E-state index in [1.165, 1.54) is 16.8 Å². The zero-order valence-corrected chi connectivity index (χ0v) is 14.5. The molecule has 1 heterocycles. The van der Waals surface area contributed by atoms with Gasteiger partial charge < -0.3 is 15.0 Å². The topological polar surface area (TPSA) is 53.6 Å². The minimum Gasteiger partial charge on any atom is -0.444 e. The molecule has 1 aromatic rings. The molecule has 2 rings (SSSR count). The Bertz CT molecular complexity index is 574. The third-order valence-electron chi connectivity index (χ3n) is 3.65. The summed E-state index contributed by atoms with van der Waals surface area (Å²) in [5, 5.41) is 6.34. The molecular weight excluding hydrogens is 278 g/mol. The Morgan fingerprint density at radius 3 is 2.59 bits per heavy atom. The summed E-state index contributed by atoms with van der Waals surface area (Å²) in [6.07, 6.45) is 0.506. The van der Waals surface area contributed by atoms with Crippen molar-refractivity contribution < 1.29 is 9.53 Å². The van der Waals surface area contributed by atoms with Crippen molar-refractivity contribution in [3.63, 3.8) is 0 Å². The molecule has 0 atom stereocenters. The smallest absolute Gasteiger partial charge is 0.412 e. The Morgan fingerprint density at radius 2 is 2.00 bits per heavy atom. The lowest BCUT2D eigenvalue weighted by atomic mass is 9.93. The zero-order valence-electron chi connectivity index (χ0n) is 14.5. The summed E-state index contributed by atoms with van der Waals surface area (Å²) >= 11 is 0. The normalized spacial score (nSPS) is 14.3. The van der Waals surface area contributed by atoms with Gasteiger partial charge in [0.25, 0.3) is 0 Å². The number of aryl methyl sites for hydroxylation is 1. The van der Waals surface area contributed by atoms with Crippen molar-refractivity contribution in [3.8, 4) is 0 Å². The third-order valence-corrected chi connectivity index (χ3v) is 3.65. The number of hydrogen-bond donors (Lipinski definition) is 2. The van der Waals surface area contributed by atoms with Crippen LogP contribution in [0.15, 0.2) is 6.07 Å². The van der Waals surface area contributed by atoms with Crippen LogP contribution in [0, 0.1) is 6.92 Å². The molecule has 2 N–H and O–H groups in total. The van der Waals surface area contributed by atoms with Crippen LogP contribution in [0.5, 0.6) is 0 Å². The standard InChI is InChI=1S/C17H27N3O2/c1-11-9-14(19-16(21)22-17(2,3)4)12-7-8-18-10-13(12)15(11)20(5)6/h9,18H,7-8,10H2,1-6H3,(H,19,21). The number of nitrogens with zero attached hydrogens (tertiary/aromatic N) is 1. The molecule has 0 fully saturated rings. The lowest BCUT2D eigenvalue weighted by molar-refractivity contribution is 0.0636. The van der Waals surface area contributed by atoms with Crippen LogP contribution in [0.2, 0.25) is 0 Å². The van der Waals surface area contributed by atoms with Crippen molar-refractivity contribution in [1.82, 2.24) is 5.32 Å². The number of rotatable bonds is 2. The monoisotopic (exact) mass is 305 g/mol. The summed E-state index contributed by atoms with van der Waals surface area (Å²) in [7, 11) is 4.11. The van der Waals surface area contributed by atoms with Crippen molar-refractivity contribution in [3.05, 3.63) is 22.8 Å². The van der Waals surface area contributed by atoms with Gasteiger partial charge >= 0.3 is 6.09 Å². The van der Waals surface area contributed by atoms with Gasteiger partial charge in [0.15, 0.2) is 0 Å². The highest BCUT2D eigenvalue weighted by Gasteiger charge is 2.23. The van der Waals surface area contributed by atoms with Gasteiger partial charge in [-0.05, 0) is 63.4 Å². The van der Waals surface area contributed by atoms with Crippen molar-refractivity contribution >= 4 is 17.5 Å². The molecule has 0 aliphatic carbocycles. The Balaban J connectivity index is 2.37. The second-order valence-corrected chi connectivity index (χ2v) is 6.99. The molecule has 0 spiro atoms. The van der Waals surface area contributed by atoms with Gasteiger partial charge in [-0.25, -0.2) is 4.79 Å². The van der Waals surface area contributed by atoms with E-state index in [0.717, 1.165) is 30.8 Å². The minimum atomic E-state index is -0.496. The number of hydrogen-bond acceptors (Lipinski definition) is 4. The molecule has 0 radical (unpaired) electrons. The summed E-state index contributed by atoms with van der Waals surface area (Å²) in [5.41, 5.74) is 5.23. The molecular formula is C17H27N3O2. The molecule has 22 heavy (non-hydrogen) atoms. The van der Waals surface area contributed by atoms with Gasteiger partial charge in [-0.3, -0.25) is 5.32 Å². The van der Waals surface area contributed by atoms with Crippen LogP contribution in [-0.2, 0) is 17.7 Å². The average Bonchev–Trinajstić information content (AvgIpc) is 2.35. The molecule has 1 aromatic carbocycles. The molecule has 1 amide bonds. The zero-order chi connectivity index (χ0) is 16.5. The Kier molecular flexibility index (Phi) is 4.66. The first kappa shape index (κ1) is 16.6. The number of benzene rings is 1. The predicted molar refractivity (Wildman–Crippen MR) is 90.8 cm³/mol. The van der Waals surface area contributed by atoms with E-state index in [4.69, 9.17) is 4.74 Å². The van der Waals surface area contributed by atoms with Gasteiger partial charge in [-0.15, -0.1) is 0 Å². The third kappa shape index (κ3) is 3.71. The van der Waals surface area contributed by atoms with Gasteiger partial charge in [-0.2, -0.15) is 0 Å². The van der Waals surface area contributed by atoms with Crippen molar-refractivity contribution in [2.75, 3.05) is 30.9 Å². The number of nitrogens with one attached hydrogen (secondary N) is 2. The quantitative estimate of drug-likeness (QED) is 0.882. The summed E-state index contributed by atoms with van der Waals surface area (Å²) in [5.74, 6) is 0. The second-order valence-electron chi connectivity index (χ2n) is 6.99. The van der Waals surface area contributed by atoms with Gasteiger partial charge in [0, 0.05) is 32.0 Å². The largest absolute Gasteiger partial charge is 0.444 e. The van der Waals surface area contributed by atoms with E-state index in [-0.39, 0.29) is 0 Å². The highest BCUT2D eigenvalue weighted by atomic mass is 16.6. The van der Waals surface area contributed by atoms with Crippen LogP contribution in [0.4, 0.5) is 16.2 Å². The van der Waals surface area contributed by atoms with Gasteiger partial charge in [0.2, 0.25) is 0 Å². The molecule has 122 valence electrons. The van der Waals surface area contributed by atoms with Crippen LogP contribution >= 0.6 is 0 Å². The van der Waals surface area contributed by atoms with E-state index in [2.05, 4.69) is 36.6 Å². The van der Waals surface area contributed by atoms with Crippen LogP contribution in [0.1, 0.15) is 37.5 Å². The van der Waals surface area contributed by atoms with Gasteiger partial charge in [-0.1, -0.05) is 0 Å². The fraction of sp³-hybridized carbons (Fsp3) is 0.588. The molecule has 0 aromatic heterocycles. The number of amides is 1. The molecule has 0 unspecified atom stereocenters. The number of carbonyl (C=O) groups excluding carboxylic acids is 1. The minimum absolute atomic E-state index is 0.398. The Hall–Kier alpha value is -1.75. The first-order chi connectivity index (χ1) is 10.2. The lowest BCUT2D eigenvalue weighted by Crippen LogP contribution is -2.30. The number of anilines is 2. The van der Waals surface area contributed by atoms with E-state index in [9.17, 15) is 4.79 Å². The average molecular weight is 305 g/mol. The highest BCUT2D eigenvalue weighted by molar-refractivity contribution is 5.88. The maximum Gasteiger partial charge on any atom is 0.412 e. The molecule has 0 saturated heterocycles. The van der Waals surface area contributed by atoms with Crippen LogP contribution < -0.4 is 15.5 Å². The number of carbonyl (C=O) groups is 1. The summed E-state index contributed by atoms with van der Waals surface area (Å²) < 4.78 is 5.37. The van der Waals surface area contributed by atoms with Gasteiger partial charge in [0.1, 0.15) is 5.60 Å². The van der Waals surface area contributed by atoms with Crippen LogP contribution in [-0.4, -0.2) is 32.3 Å². The molecule has 0 saturated carbocycles. The summed E-state index contributed by atoms with van der Waals surface area (Å²) in [4.78, 5) is 14.2. The molecule has 0 bridgehead atoms. The van der Waals surface area contributed by atoms with E-state index < -0.39 is 11.7 Å². The second kappa shape index (κ2) is 6.16. The van der Waals surface area contributed by atoms with E-state index >= 15 is 0 Å². The summed E-state index contributed by atoms with van der Waals surface area (Å²) in [6, 6.07) is 2.05. The van der Waals surface area contributed by atoms with E-state index in [0.29, 0.717) is 0 Å². The molecule has 5 heteroatoms. The molecule has 5 nitrogen and oxygen atoms in total. The maximum atomic E-state index is 12.1. The van der Waals surface area contributed by atoms with E-state index in [1.54, 1.807) is 0 Å². The first-order valence-corrected chi connectivity index (χ1v) is 7.72. The predicted octanol–water partition coefficient (Wildman–Crippen LogP) is 3.05. The summed E-state index contributed by atoms with van der Waals surface area (Å²) in [6.45, 7) is 9.43. The van der Waals surface area contributed by atoms with Crippen LogP contribution in [0.3, 0.4) is 0 Å². The highest BCUT2D eigenvalue weighted by Crippen LogP contribution is 2.34. The fourth-order valence-electron chi connectivity index (χ4n) is 2.97. The fourth-order valence-corrected chi connectivity index (χ4v) is 2.97. The lowest BCUT2D eigenvalue weighted by Gasteiger charge is -2.29. The Morgan fingerprint density at radius 1 is 1.32 bits per heavy atom. The number of ether oxygens (including phenoxy) is 1. The maximum absolute atomic E-state index is 12.1. The molecule has 1 aliphatic rings. The van der Waals surface area contributed by atoms with Crippen molar-refractivity contribution in [1.29, 1.82) is 0 Å². The van der Waals surface area contributed by atoms with Crippen LogP contribution in [0.25, 0.3) is 0 Å². The Labute approximate surface area is 133 Å². The first-order valence-electron chi connectivity index (χ1n) is 7.72.